The molecule has 3 nitrogen and oxygen atoms in total. The minimum Gasteiger partial charge on any atom is -0.388 e. The molecule has 1 heterocycles. The van der Waals surface area contributed by atoms with Gasteiger partial charge in [-0.25, -0.2) is 13.8 Å². The third kappa shape index (κ3) is 3.24. The van der Waals surface area contributed by atoms with E-state index in [0.29, 0.717) is 11.5 Å². The van der Waals surface area contributed by atoms with Gasteiger partial charge in [-0.1, -0.05) is 18.3 Å². The Morgan fingerprint density at radius 2 is 2.05 bits per heavy atom. The van der Waals surface area contributed by atoms with E-state index in [2.05, 4.69) is 26.2 Å². The number of pyridine rings is 1. The topological polar surface area (TPSA) is 50.9 Å². The summed E-state index contributed by atoms with van der Waals surface area (Å²) in [7, 11) is 0. The van der Waals surface area contributed by atoms with Crippen LogP contribution in [0.25, 0.3) is 0 Å². The first-order valence-electron chi connectivity index (χ1n) is 5.16. The number of rotatable bonds is 3. The van der Waals surface area contributed by atoms with Crippen LogP contribution in [0.3, 0.4) is 0 Å². The Labute approximate surface area is 122 Å². The van der Waals surface area contributed by atoms with Gasteiger partial charge in [0, 0.05) is 10.5 Å². The molecule has 0 spiro atoms. The van der Waals surface area contributed by atoms with Crippen LogP contribution in [-0.4, -0.2) is 9.97 Å². The molecule has 2 aromatic rings. The molecule has 0 bridgehead atoms. The van der Waals surface area contributed by atoms with E-state index in [9.17, 15) is 8.78 Å². The number of hydrogen-bond acceptors (Lipinski definition) is 3. The number of aromatic nitrogens is 1. The molecule has 1 aromatic heterocycles. The lowest BCUT2D eigenvalue weighted by molar-refractivity contribution is 0.584. The van der Waals surface area contributed by atoms with E-state index in [-0.39, 0.29) is 15.1 Å². The number of nitrogens with zero attached hydrogens (tertiary/aromatic N) is 1. The summed E-state index contributed by atoms with van der Waals surface area (Å²) < 4.78 is 26.9. The van der Waals surface area contributed by atoms with Crippen LogP contribution in [-0.2, 0) is 0 Å². The van der Waals surface area contributed by atoms with Gasteiger partial charge in [-0.3, -0.25) is 0 Å². The van der Waals surface area contributed by atoms with Crippen LogP contribution < -0.4 is 11.1 Å². The van der Waals surface area contributed by atoms with Crippen molar-refractivity contribution in [2.45, 2.75) is 0 Å². The maximum atomic E-state index is 13.6. The third-order valence-electron chi connectivity index (χ3n) is 2.26. The molecule has 1 aromatic carbocycles. The minimum atomic E-state index is -0.727. The average Bonchev–Trinajstić information content (AvgIpc) is 2.34. The van der Waals surface area contributed by atoms with Crippen LogP contribution in [0.15, 0.2) is 34.8 Å². The number of thiocarbonyl (C=S) groups is 1. The average molecular weight is 344 g/mol. The molecule has 0 saturated heterocycles. The van der Waals surface area contributed by atoms with Gasteiger partial charge < -0.3 is 11.1 Å². The third-order valence-corrected chi connectivity index (χ3v) is 3.10. The van der Waals surface area contributed by atoms with E-state index >= 15 is 0 Å². The largest absolute Gasteiger partial charge is 0.388 e. The molecular formula is C12H8BrF2N3S. The molecule has 0 aliphatic heterocycles. The van der Waals surface area contributed by atoms with Crippen molar-refractivity contribution in [3.05, 3.63) is 52.1 Å². The number of nitrogens with one attached hydrogen (secondary N) is 1. The first-order chi connectivity index (χ1) is 8.97. The molecule has 0 fully saturated rings. The fourth-order valence-corrected chi connectivity index (χ4v) is 2.05. The fraction of sp³-hybridized carbons (Fsp3) is 0. The molecule has 0 saturated carbocycles. The van der Waals surface area contributed by atoms with Crippen molar-refractivity contribution in [3.63, 3.8) is 0 Å². The van der Waals surface area contributed by atoms with Gasteiger partial charge in [0.1, 0.15) is 16.6 Å². The smallest absolute Gasteiger partial charge is 0.150 e. The highest BCUT2D eigenvalue weighted by atomic mass is 79.9. The normalized spacial score (nSPS) is 10.3. The van der Waals surface area contributed by atoms with Crippen LogP contribution in [0.2, 0.25) is 0 Å². The quantitative estimate of drug-likeness (QED) is 0.837. The summed E-state index contributed by atoms with van der Waals surface area (Å²) in [6.45, 7) is 0. The lowest BCUT2D eigenvalue weighted by Crippen LogP contribution is -2.12. The summed E-state index contributed by atoms with van der Waals surface area (Å²) in [5, 5.41) is 2.75. The van der Waals surface area contributed by atoms with Crippen molar-refractivity contribution in [3.8, 4) is 0 Å². The molecule has 0 aliphatic rings. The van der Waals surface area contributed by atoms with Crippen LogP contribution in [0.1, 0.15) is 5.69 Å². The number of benzene rings is 1. The number of halogens is 3. The van der Waals surface area contributed by atoms with Crippen molar-refractivity contribution < 1.29 is 8.78 Å². The Morgan fingerprint density at radius 3 is 2.68 bits per heavy atom. The Balaban J connectivity index is 2.36. The van der Waals surface area contributed by atoms with Crippen molar-refractivity contribution in [1.29, 1.82) is 0 Å². The van der Waals surface area contributed by atoms with E-state index < -0.39 is 11.6 Å². The van der Waals surface area contributed by atoms with Gasteiger partial charge in [0.15, 0.2) is 5.82 Å². The van der Waals surface area contributed by atoms with Gasteiger partial charge in [-0.2, -0.15) is 0 Å². The predicted octanol–water partition coefficient (Wildman–Crippen LogP) is 3.50. The summed E-state index contributed by atoms with van der Waals surface area (Å²) >= 11 is 7.89. The molecule has 7 heteroatoms. The van der Waals surface area contributed by atoms with E-state index in [1.165, 1.54) is 0 Å². The first kappa shape index (κ1) is 13.8. The van der Waals surface area contributed by atoms with Crippen molar-refractivity contribution >= 4 is 44.6 Å². The van der Waals surface area contributed by atoms with Gasteiger partial charge in [0.2, 0.25) is 0 Å². The SMILES string of the molecule is NC(=S)c1cccc(Nc2c(F)cc(F)cc2Br)n1. The van der Waals surface area contributed by atoms with Crippen LogP contribution in [0, 0.1) is 11.6 Å². The summed E-state index contributed by atoms with van der Waals surface area (Å²) in [4.78, 5) is 4.25. The van der Waals surface area contributed by atoms with Crippen LogP contribution in [0.5, 0.6) is 0 Å². The molecule has 98 valence electrons. The van der Waals surface area contributed by atoms with Crippen LogP contribution in [0.4, 0.5) is 20.3 Å². The molecule has 0 radical (unpaired) electrons. The molecule has 0 amide bonds. The second kappa shape index (κ2) is 5.58. The molecule has 2 rings (SSSR count). The second-order valence-corrected chi connectivity index (χ2v) is 4.94. The standard InChI is InChI=1S/C12H8BrF2N3S/c13-7-4-6(14)5-8(15)11(7)18-10-3-1-2-9(17-10)12(16)19/h1-5H,(H2,16,19)(H,17,18). The van der Waals surface area contributed by atoms with E-state index in [1.54, 1.807) is 18.2 Å². The first-order valence-corrected chi connectivity index (χ1v) is 6.36. The van der Waals surface area contributed by atoms with Crippen LogP contribution >= 0.6 is 28.1 Å². The molecule has 19 heavy (non-hydrogen) atoms. The van der Waals surface area contributed by atoms with E-state index in [1.807, 2.05) is 0 Å². The highest BCUT2D eigenvalue weighted by molar-refractivity contribution is 9.10. The number of nitrogens with two attached hydrogens (primary N) is 1. The zero-order chi connectivity index (χ0) is 14.0. The highest BCUT2D eigenvalue weighted by Gasteiger charge is 2.10. The molecule has 0 atom stereocenters. The summed E-state index contributed by atoms with van der Waals surface area (Å²) in [5.74, 6) is -1.04. The van der Waals surface area contributed by atoms with Gasteiger partial charge >= 0.3 is 0 Å². The van der Waals surface area contributed by atoms with Crippen molar-refractivity contribution in [2.75, 3.05) is 5.32 Å². The Kier molecular flexibility index (Phi) is 4.06. The Morgan fingerprint density at radius 1 is 1.32 bits per heavy atom. The maximum Gasteiger partial charge on any atom is 0.150 e. The number of hydrogen-bond donors (Lipinski definition) is 2. The fourth-order valence-electron chi connectivity index (χ4n) is 1.43. The lowest BCUT2D eigenvalue weighted by atomic mass is 10.3. The second-order valence-electron chi connectivity index (χ2n) is 3.64. The predicted molar refractivity (Wildman–Crippen MR) is 77.5 cm³/mol. The maximum absolute atomic E-state index is 13.6. The van der Waals surface area contributed by atoms with Crippen molar-refractivity contribution in [1.82, 2.24) is 4.98 Å². The molecule has 0 unspecified atom stereocenters. The Bertz CT molecular complexity index is 626. The zero-order valence-electron chi connectivity index (χ0n) is 9.45. The highest BCUT2D eigenvalue weighted by Crippen LogP contribution is 2.29. The summed E-state index contributed by atoms with van der Waals surface area (Å²) in [6, 6.07) is 6.88. The minimum absolute atomic E-state index is 0.0917. The molecule has 0 aliphatic carbocycles. The lowest BCUT2D eigenvalue weighted by Gasteiger charge is -2.10. The Hall–Kier alpha value is -1.60. The van der Waals surface area contributed by atoms with Crippen molar-refractivity contribution in [2.24, 2.45) is 5.73 Å². The zero-order valence-corrected chi connectivity index (χ0v) is 11.9. The summed E-state index contributed by atoms with van der Waals surface area (Å²) in [6.07, 6.45) is 0. The van der Waals surface area contributed by atoms with Gasteiger partial charge in [-0.05, 0) is 34.1 Å². The number of anilines is 2. The van der Waals surface area contributed by atoms with Gasteiger partial charge in [-0.15, -0.1) is 0 Å². The molecule has 3 N–H and O–H groups in total. The van der Waals surface area contributed by atoms with E-state index in [0.717, 1.165) is 12.1 Å². The summed E-state index contributed by atoms with van der Waals surface area (Å²) in [5.41, 5.74) is 5.97. The van der Waals surface area contributed by atoms with E-state index in [4.69, 9.17) is 18.0 Å². The monoisotopic (exact) mass is 343 g/mol. The molecular weight excluding hydrogens is 336 g/mol. The van der Waals surface area contributed by atoms with Gasteiger partial charge in [0.05, 0.1) is 11.4 Å². The van der Waals surface area contributed by atoms with Gasteiger partial charge in [0.25, 0.3) is 0 Å².